The van der Waals surface area contributed by atoms with Gasteiger partial charge in [-0.1, -0.05) is 0 Å². The predicted octanol–water partition coefficient (Wildman–Crippen LogP) is 1.25. The van der Waals surface area contributed by atoms with E-state index in [0.29, 0.717) is 11.4 Å². The SMILES string of the molecule is COOCc1oc(C)cc1N. The van der Waals surface area contributed by atoms with E-state index in [2.05, 4.69) is 9.78 Å². The molecule has 0 bridgehead atoms. The molecule has 1 aromatic heterocycles. The highest BCUT2D eigenvalue weighted by Crippen LogP contribution is 2.17. The van der Waals surface area contributed by atoms with Gasteiger partial charge < -0.3 is 10.2 Å². The van der Waals surface area contributed by atoms with Crippen molar-refractivity contribution >= 4 is 5.69 Å². The number of anilines is 1. The van der Waals surface area contributed by atoms with E-state index in [-0.39, 0.29) is 6.61 Å². The Bertz CT molecular complexity index is 232. The second-order valence-corrected chi connectivity index (χ2v) is 2.16. The molecule has 0 saturated heterocycles. The molecular weight excluding hydrogens is 146 g/mol. The van der Waals surface area contributed by atoms with Crippen LogP contribution in [0.2, 0.25) is 0 Å². The fraction of sp³-hybridized carbons (Fsp3) is 0.429. The number of rotatable bonds is 3. The molecule has 0 unspecified atom stereocenters. The highest BCUT2D eigenvalue weighted by Gasteiger charge is 2.04. The van der Waals surface area contributed by atoms with Gasteiger partial charge in [0.1, 0.15) is 12.4 Å². The lowest BCUT2D eigenvalue weighted by Gasteiger charge is -1.96. The fourth-order valence-corrected chi connectivity index (χ4v) is 0.807. The van der Waals surface area contributed by atoms with Crippen molar-refractivity contribution in [1.82, 2.24) is 0 Å². The van der Waals surface area contributed by atoms with E-state index in [1.54, 1.807) is 6.07 Å². The third-order valence-corrected chi connectivity index (χ3v) is 1.27. The standard InChI is InChI=1S/C7H11NO3/c1-5-3-6(8)7(11-5)4-10-9-2/h3H,4,8H2,1-2H3. The smallest absolute Gasteiger partial charge is 0.155 e. The van der Waals surface area contributed by atoms with Gasteiger partial charge in [0.05, 0.1) is 12.8 Å². The third-order valence-electron chi connectivity index (χ3n) is 1.27. The minimum Gasteiger partial charge on any atom is -0.462 e. The molecule has 11 heavy (non-hydrogen) atoms. The van der Waals surface area contributed by atoms with Crippen LogP contribution in [-0.4, -0.2) is 7.11 Å². The minimum absolute atomic E-state index is 0.246. The molecule has 0 aliphatic carbocycles. The maximum atomic E-state index is 5.55. The van der Waals surface area contributed by atoms with Gasteiger partial charge >= 0.3 is 0 Å². The topological polar surface area (TPSA) is 57.6 Å². The van der Waals surface area contributed by atoms with Crippen molar-refractivity contribution in [2.24, 2.45) is 0 Å². The van der Waals surface area contributed by atoms with Crippen LogP contribution in [0, 0.1) is 6.92 Å². The maximum Gasteiger partial charge on any atom is 0.155 e. The Morgan fingerprint density at radius 3 is 2.82 bits per heavy atom. The number of aryl methyl sites for hydroxylation is 1. The summed E-state index contributed by atoms with van der Waals surface area (Å²) in [6.45, 7) is 2.07. The van der Waals surface area contributed by atoms with E-state index < -0.39 is 0 Å². The Hall–Kier alpha value is -1.00. The molecule has 0 aliphatic heterocycles. The highest BCUT2D eigenvalue weighted by atomic mass is 17.2. The molecule has 1 heterocycles. The van der Waals surface area contributed by atoms with Crippen LogP contribution in [0.5, 0.6) is 0 Å². The largest absolute Gasteiger partial charge is 0.462 e. The molecule has 0 atom stereocenters. The summed E-state index contributed by atoms with van der Waals surface area (Å²) in [5.74, 6) is 1.38. The zero-order chi connectivity index (χ0) is 8.27. The zero-order valence-corrected chi connectivity index (χ0v) is 6.59. The average molecular weight is 157 g/mol. The van der Waals surface area contributed by atoms with Crippen LogP contribution < -0.4 is 5.73 Å². The Morgan fingerprint density at radius 1 is 1.64 bits per heavy atom. The van der Waals surface area contributed by atoms with E-state index in [9.17, 15) is 0 Å². The molecule has 0 spiro atoms. The molecule has 0 amide bonds. The molecule has 1 aromatic rings. The second kappa shape index (κ2) is 3.41. The lowest BCUT2D eigenvalue weighted by Crippen LogP contribution is -1.93. The van der Waals surface area contributed by atoms with E-state index in [1.807, 2.05) is 6.92 Å². The maximum absolute atomic E-state index is 5.55. The first kappa shape index (κ1) is 8.10. The minimum atomic E-state index is 0.246. The van der Waals surface area contributed by atoms with E-state index in [4.69, 9.17) is 10.2 Å². The van der Waals surface area contributed by atoms with E-state index in [1.165, 1.54) is 7.11 Å². The van der Waals surface area contributed by atoms with E-state index >= 15 is 0 Å². The average Bonchev–Trinajstić information content (AvgIpc) is 2.26. The number of hydrogen-bond acceptors (Lipinski definition) is 4. The van der Waals surface area contributed by atoms with Gasteiger partial charge in [0.2, 0.25) is 0 Å². The van der Waals surface area contributed by atoms with Crippen molar-refractivity contribution in [3.63, 3.8) is 0 Å². The molecule has 0 saturated carbocycles. The lowest BCUT2D eigenvalue weighted by molar-refractivity contribution is -0.284. The molecule has 0 aliphatic rings. The summed E-state index contributed by atoms with van der Waals surface area (Å²) in [5.41, 5.74) is 6.15. The number of hydrogen-bond donors (Lipinski definition) is 1. The Labute approximate surface area is 64.8 Å². The molecule has 0 fully saturated rings. The molecular formula is C7H11NO3. The highest BCUT2D eigenvalue weighted by molar-refractivity contribution is 5.42. The molecule has 0 aromatic carbocycles. The number of nitrogens with two attached hydrogens (primary N) is 1. The van der Waals surface area contributed by atoms with E-state index in [0.717, 1.165) is 5.76 Å². The lowest BCUT2D eigenvalue weighted by atomic mass is 10.4. The summed E-state index contributed by atoms with van der Waals surface area (Å²) in [4.78, 5) is 9.03. The number of nitrogen functional groups attached to an aromatic ring is 1. The third kappa shape index (κ3) is 1.96. The molecule has 4 heteroatoms. The molecule has 2 N–H and O–H groups in total. The molecule has 62 valence electrons. The van der Waals surface area contributed by atoms with Crippen LogP contribution in [0.15, 0.2) is 10.5 Å². The molecule has 4 nitrogen and oxygen atoms in total. The Morgan fingerprint density at radius 2 is 2.36 bits per heavy atom. The van der Waals surface area contributed by atoms with Crippen molar-refractivity contribution in [1.29, 1.82) is 0 Å². The van der Waals surface area contributed by atoms with Gasteiger partial charge in [-0.2, -0.15) is 0 Å². The second-order valence-electron chi connectivity index (χ2n) is 2.16. The normalized spacial score (nSPS) is 10.4. The summed E-state index contributed by atoms with van der Waals surface area (Å²) in [6, 6.07) is 1.74. The first-order valence-electron chi connectivity index (χ1n) is 3.24. The van der Waals surface area contributed by atoms with Gasteiger partial charge in [-0.05, 0) is 6.92 Å². The van der Waals surface area contributed by atoms with Crippen molar-refractivity contribution in [3.8, 4) is 0 Å². The first-order chi connectivity index (χ1) is 5.24. The summed E-state index contributed by atoms with van der Waals surface area (Å²) >= 11 is 0. The zero-order valence-electron chi connectivity index (χ0n) is 6.59. The van der Waals surface area contributed by atoms with Crippen molar-refractivity contribution in [2.45, 2.75) is 13.5 Å². The van der Waals surface area contributed by atoms with Crippen LogP contribution in [0.4, 0.5) is 5.69 Å². The van der Waals surface area contributed by atoms with Gasteiger partial charge in [0.25, 0.3) is 0 Å². The van der Waals surface area contributed by atoms with Gasteiger partial charge in [0, 0.05) is 6.07 Å². The van der Waals surface area contributed by atoms with Crippen LogP contribution in [-0.2, 0) is 16.4 Å². The van der Waals surface area contributed by atoms with Gasteiger partial charge in [-0.15, -0.1) is 0 Å². The fourth-order valence-electron chi connectivity index (χ4n) is 0.807. The Balaban J connectivity index is 2.62. The van der Waals surface area contributed by atoms with Gasteiger partial charge in [0.15, 0.2) is 5.76 Å². The van der Waals surface area contributed by atoms with Gasteiger partial charge in [-0.3, -0.25) is 0 Å². The Kier molecular flexibility index (Phi) is 2.51. The predicted molar refractivity (Wildman–Crippen MR) is 39.7 cm³/mol. The monoisotopic (exact) mass is 157 g/mol. The molecule has 0 radical (unpaired) electrons. The van der Waals surface area contributed by atoms with Crippen molar-refractivity contribution in [2.75, 3.05) is 12.8 Å². The van der Waals surface area contributed by atoms with Crippen molar-refractivity contribution in [3.05, 3.63) is 17.6 Å². The van der Waals surface area contributed by atoms with Crippen LogP contribution in [0.25, 0.3) is 0 Å². The van der Waals surface area contributed by atoms with Crippen LogP contribution in [0.1, 0.15) is 11.5 Å². The molecule has 1 rings (SSSR count). The summed E-state index contributed by atoms with van der Waals surface area (Å²) < 4.78 is 5.19. The number of furan rings is 1. The van der Waals surface area contributed by atoms with Crippen LogP contribution in [0.3, 0.4) is 0 Å². The van der Waals surface area contributed by atoms with Gasteiger partial charge in [-0.25, -0.2) is 9.78 Å². The first-order valence-corrected chi connectivity index (χ1v) is 3.24. The quantitative estimate of drug-likeness (QED) is 0.530. The summed E-state index contributed by atoms with van der Waals surface area (Å²) in [6.07, 6.45) is 0. The summed E-state index contributed by atoms with van der Waals surface area (Å²) in [5, 5.41) is 0. The van der Waals surface area contributed by atoms with Crippen LogP contribution >= 0.6 is 0 Å². The van der Waals surface area contributed by atoms with Crippen molar-refractivity contribution < 1.29 is 14.2 Å². The summed E-state index contributed by atoms with van der Waals surface area (Å²) in [7, 11) is 1.44.